The first-order chi connectivity index (χ1) is 13.0. The number of benzene rings is 3. The lowest BCUT2D eigenvalue weighted by atomic mass is 10.0. The van der Waals surface area contributed by atoms with E-state index in [-0.39, 0.29) is 22.2 Å². The molecule has 0 saturated carbocycles. The average molecular weight is 360 g/mol. The Morgan fingerprint density at radius 1 is 0.963 bits per heavy atom. The van der Waals surface area contributed by atoms with Crippen LogP contribution < -0.4 is 5.43 Å². The number of H-pyrrole nitrogens is 1. The van der Waals surface area contributed by atoms with Crippen molar-refractivity contribution in [1.29, 1.82) is 0 Å². The van der Waals surface area contributed by atoms with E-state index in [2.05, 4.69) is 4.98 Å². The molecule has 0 atom stereocenters. The molecule has 7 heteroatoms. The van der Waals surface area contributed by atoms with Crippen LogP contribution in [-0.4, -0.2) is 21.0 Å². The van der Waals surface area contributed by atoms with Gasteiger partial charge in [0.05, 0.1) is 21.5 Å². The number of pyridine rings is 1. The van der Waals surface area contributed by atoms with Crippen LogP contribution in [0.4, 0.5) is 5.69 Å². The topological polar surface area (TPSA) is 113 Å². The number of carbonyl (C=O) groups is 1. The number of rotatable bonds is 3. The number of nitro benzene ring substituents is 1. The molecule has 0 spiro atoms. The second-order valence-corrected chi connectivity index (χ2v) is 6.05. The van der Waals surface area contributed by atoms with E-state index in [0.29, 0.717) is 16.3 Å². The maximum Gasteiger partial charge on any atom is 0.337 e. The van der Waals surface area contributed by atoms with Crippen molar-refractivity contribution in [3.63, 3.8) is 0 Å². The first kappa shape index (κ1) is 16.5. The Labute approximate surface area is 151 Å². The van der Waals surface area contributed by atoms with E-state index in [0.717, 1.165) is 11.1 Å². The van der Waals surface area contributed by atoms with E-state index in [9.17, 15) is 24.8 Å². The van der Waals surface area contributed by atoms with Crippen LogP contribution in [-0.2, 0) is 0 Å². The Kier molecular flexibility index (Phi) is 3.70. The molecule has 4 rings (SSSR count). The highest BCUT2D eigenvalue weighted by molar-refractivity contribution is 6.05. The molecule has 7 nitrogen and oxygen atoms in total. The van der Waals surface area contributed by atoms with Gasteiger partial charge in [-0.25, -0.2) is 4.79 Å². The van der Waals surface area contributed by atoms with Crippen LogP contribution in [0.2, 0.25) is 0 Å². The number of nitrogens with zero attached hydrogens (tertiary/aromatic N) is 1. The molecule has 132 valence electrons. The van der Waals surface area contributed by atoms with Gasteiger partial charge in [0.2, 0.25) is 0 Å². The van der Waals surface area contributed by atoms with Crippen molar-refractivity contribution in [2.45, 2.75) is 0 Å². The third-order valence-electron chi connectivity index (χ3n) is 4.47. The van der Waals surface area contributed by atoms with Gasteiger partial charge < -0.3 is 10.1 Å². The van der Waals surface area contributed by atoms with E-state index in [4.69, 9.17) is 0 Å². The fourth-order valence-corrected chi connectivity index (χ4v) is 3.14. The average Bonchev–Trinajstić information content (AvgIpc) is 2.67. The number of non-ortho nitro benzene ring substituents is 1. The van der Waals surface area contributed by atoms with Crippen LogP contribution in [0.5, 0.6) is 0 Å². The fourth-order valence-electron chi connectivity index (χ4n) is 3.14. The van der Waals surface area contributed by atoms with Gasteiger partial charge in [-0.1, -0.05) is 12.1 Å². The molecule has 27 heavy (non-hydrogen) atoms. The lowest BCUT2D eigenvalue weighted by Gasteiger charge is -2.08. The molecule has 0 aliphatic rings. The van der Waals surface area contributed by atoms with Crippen LogP contribution >= 0.6 is 0 Å². The minimum atomic E-state index is -1.12. The van der Waals surface area contributed by atoms with Crippen molar-refractivity contribution in [2.75, 3.05) is 0 Å². The van der Waals surface area contributed by atoms with E-state index in [1.54, 1.807) is 36.4 Å². The highest BCUT2D eigenvalue weighted by Gasteiger charge is 2.13. The van der Waals surface area contributed by atoms with Gasteiger partial charge in [-0.15, -0.1) is 0 Å². The zero-order chi connectivity index (χ0) is 19.1. The number of aromatic carboxylic acids is 1. The second-order valence-electron chi connectivity index (χ2n) is 6.05. The number of hydrogen-bond donors (Lipinski definition) is 2. The summed E-state index contributed by atoms with van der Waals surface area (Å²) in [5.41, 5.74) is 2.02. The Bertz CT molecular complexity index is 1290. The predicted octanol–water partition coefficient (Wildman–Crippen LogP) is 3.95. The van der Waals surface area contributed by atoms with Crippen molar-refractivity contribution >= 4 is 33.5 Å². The molecule has 0 saturated heterocycles. The summed E-state index contributed by atoms with van der Waals surface area (Å²) in [6, 6.07) is 15.8. The van der Waals surface area contributed by atoms with Gasteiger partial charge in [-0.2, -0.15) is 0 Å². The largest absolute Gasteiger partial charge is 0.478 e. The zero-order valence-corrected chi connectivity index (χ0v) is 13.8. The number of aromatic amines is 1. The van der Waals surface area contributed by atoms with Gasteiger partial charge in [0.15, 0.2) is 5.43 Å². The number of aromatic nitrogens is 1. The number of para-hydroxylation sites is 1. The van der Waals surface area contributed by atoms with Crippen LogP contribution in [0.1, 0.15) is 10.4 Å². The molecule has 0 fully saturated rings. The lowest BCUT2D eigenvalue weighted by Crippen LogP contribution is -2.08. The third-order valence-corrected chi connectivity index (χ3v) is 4.47. The summed E-state index contributed by atoms with van der Waals surface area (Å²) in [7, 11) is 0. The molecule has 1 aromatic heterocycles. The summed E-state index contributed by atoms with van der Waals surface area (Å²) in [6.07, 6.45) is 0. The normalized spacial score (nSPS) is 11.0. The summed E-state index contributed by atoms with van der Waals surface area (Å²) in [5, 5.41) is 20.9. The SMILES string of the molecule is O=C(O)c1cccc2c(=O)c3ccc(-c4ccc([N+](=O)[O-])cc4)cc3[nH]c12. The predicted molar refractivity (Wildman–Crippen MR) is 101 cm³/mol. The van der Waals surface area contributed by atoms with Gasteiger partial charge >= 0.3 is 5.97 Å². The number of nitrogens with one attached hydrogen (secondary N) is 1. The number of carboxylic acids is 1. The number of hydrogen-bond acceptors (Lipinski definition) is 4. The van der Waals surface area contributed by atoms with Gasteiger partial charge in [0.25, 0.3) is 5.69 Å². The van der Waals surface area contributed by atoms with Crippen molar-refractivity contribution in [3.8, 4) is 11.1 Å². The maximum absolute atomic E-state index is 12.7. The van der Waals surface area contributed by atoms with Gasteiger partial charge in [0.1, 0.15) is 0 Å². The van der Waals surface area contributed by atoms with Crippen LogP contribution in [0, 0.1) is 10.1 Å². The van der Waals surface area contributed by atoms with Gasteiger partial charge in [-0.3, -0.25) is 14.9 Å². The molecular formula is C20H12N2O5. The molecule has 0 aliphatic carbocycles. The highest BCUT2D eigenvalue weighted by atomic mass is 16.6. The van der Waals surface area contributed by atoms with Gasteiger partial charge in [0, 0.05) is 22.9 Å². The van der Waals surface area contributed by atoms with Crippen LogP contribution in [0.15, 0.2) is 65.5 Å². The summed E-state index contributed by atoms with van der Waals surface area (Å²) in [6.45, 7) is 0. The lowest BCUT2D eigenvalue weighted by molar-refractivity contribution is -0.384. The standard InChI is InChI=1S/C20H12N2O5/c23-19-14-9-6-12(11-4-7-13(8-5-11)22(26)27)10-17(14)21-18-15(19)2-1-3-16(18)20(24)25/h1-10H,(H,21,23)(H,24,25). The Morgan fingerprint density at radius 2 is 1.67 bits per heavy atom. The smallest absolute Gasteiger partial charge is 0.337 e. The number of nitro groups is 1. The first-order valence-corrected chi connectivity index (χ1v) is 8.02. The summed E-state index contributed by atoms with van der Waals surface area (Å²) in [5.74, 6) is -1.12. The monoisotopic (exact) mass is 360 g/mol. The molecule has 2 N–H and O–H groups in total. The fraction of sp³-hybridized carbons (Fsp3) is 0. The summed E-state index contributed by atoms with van der Waals surface area (Å²) >= 11 is 0. The van der Waals surface area contributed by atoms with Crippen molar-refractivity contribution in [3.05, 3.63) is 86.6 Å². The van der Waals surface area contributed by atoms with E-state index in [1.165, 1.54) is 24.3 Å². The van der Waals surface area contributed by atoms with Crippen molar-refractivity contribution in [1.82, 2.24) is 4.98 Å². The minimum Gasteiger partial charge on any atom is -0.478 e. The highest BCUT2D eigenvalue weighted by Crippen LogP contribution is 2.26. The van der Waals surface area contributed by atoms with E-state index in [1.807, 2.05) is 0 Å². The van der Waals surface area contributed by atoms with Gasteiger partial charge in [-0.05, 0) is 47.5 Å². The molecule has 0 unspecified atom stereocenters. The first-order valence-electron chi connectivity index (χ1n) is 8.02. The van der Waals surface area contributed by atoms with Crippen molar-refractivity contribution < 1.29 is 14.8 Å². The Balaban J connectivity index is 1.95. The third kappa shape index (κ3) is 2.71. The number of fused-ring (bicyclic) bond motifs is 2. The molecule has 4 aromatic rings. The zero-order valence-electron chi connectivity index (χ0n) is 13.8. The van der Waals surface area contributed by atoms with Crippen LogP contribution in [0.25, 0.3) is 32.9 Å². The van der Waals surface area contributed by atoms with E-state index >= 15 is 0 Å². The molecule has 1 heterocycles. The quantitative estimate of drug-likeness (QED) is 0.326. The Hall–Kier alpha value is -4.00. The molecule has 0 aliphatic heterocycles. The molecule has 3 aromatic carbocycles. The Morgan fingerprint density at radius 3 is 2.33 bits per heavy atom. The molecule has 0 bridgehead atoms. The van der Waals surface area contributed by atoms with Crippen LogP contribution in [0.3, 0.4) is 0 Å². The minimum absolute atomic E-state index is 0.00922. The number of carboxylic acid groups (broad SMARTS) is 1. The second kappa shape index (κ2) is 6.06. The van der Waals surface area contributed by atoms with E-state index < -0.39 is 10.9 Å². The molecule has 0 radical (unpaired) electrons. The summed E-state index contributed by atoms with van der Waals surface area (Å²) < 4.78 is 0. The van der Waals surface area contributed by atoms with Crippen molar-refractivity contribution in [2.24, 2.45) is 0 Å². The summed E-state index contributed by atoms with van der Waals surface area (Å²) in [4.78, 5) is 37.6. The molecular weight excluding hydrogens is 348 g/mol. The molecule has 0 amide bonds. The maximum atomic E-state index is 12.7.